The average molecular weight is 429 g/mol. The summed E-state index contributed by atoms with van der Waals surface area (Å²) in [6, 6.07) is 7.04. The van der Waals surface area contributed by atoms with E-state index in [4.69, 9.17) is 21.3 Å². The number of aromatic amines is 1. The number of hydrogen-bond donors (Lipinski definition) is 1. The fourth-order valence-electron chi connectivity index (χ4n) is 4.96. The number of H-pyrrole nitrogens is 1. The number of likely N-dealkylation sites (tertiary alicyclic amines) is 1. The second-order valence-electron chi connectivity index (χ2n) is 8.40. The predicted molar refractivity (Wildman–Crippen MR) is 114 cm³/mol. The fraction of sp³-hybridized carbons (Fsp3) is 0.500. The number of rotatable bonds is 2. The molecule has 30 heavy (non-hydrogen) atoms. The van der Waals surface area contributed by atoms with E-state index in [0.29, 0.717) is 42.8 Å². The zero-order valence-electron chi connectivity index (χ0n) is 16.8. The van der Waals surface area contributed by atoms with Crippen LogP contribution >= 0.6 is 11.6 Å². The van der Waals surface area contributed by atoms with Crippen molar-refractivity contribution in [1.82, 2.24) is 14.9 Å². The van der Waals surface area contributed by atoms with Crippen molar-refractivity contribution in [2.75, 3.05) is 44.3 Å². The molecular formula is C22H25ClN4O3. The number of morpholine rings is 1. The summed E-state index contributed by atoms with van der Waals surface area (Å²) in [6.45, 7) is 4.10. The number of carbonyl (C=O) groups excluding carboxylic acids is 1. The number of nitrogens with one attached hydrogen (secondary N) is 1. The van der Waals surface area contributed by atoms with Gasteiger partial charge >= 0.3 is 0 Å². The third-order valence-electron chi connectivity index (χ3n) is 6.77. The van der Waals surface area contributed by atoms with Crippen LogP contribution in [0.5, 0.6) is 0 Å². The topological polar surface area (TPSA) is 78.5 Å². The maximum atomic E-state index is 12.9. The molecule has 2 aliphatic heterocycles. The van der Waals surface area contributed by atoms with Crippen molar-refractivity contribution in [1.29, 1.82) is 0 Å². The van der Waals surface area contributed by atoms with Crippen molar-refractivity contribution in [2.24, 2.45) is 0 Å². The minimum atomic E-state index is -0.110. The molecule has 3 aliphatic rings. The van der Waals surface area contributed by atoms with Crippen LogP contribution in [0.3, 0.4) is 0 Å². The number of fused-ring (bicyclic) bond motifs is 2. The highest BCUT2D eigenvalue weighted by molar-refractivity contribution is 6.30. The number of halogens is 1. The molecule has 2 saturated heterocycles. The highest BCUT2D eigenvalue weighted by Gasteiger charge is 2.45. The number of aromatic nitrogens is 2. The molecule has 1 aromatic heterocycles. The van der Waals surface area contributed by atoms with Gasteiger partial charge in [-0.05, 0) is 49.9 Å². The van der Waals surface area contributed by atoms with Crippen LogP contribution in [0.15, 0.2) is 29.1 Å². The van der Waals surface area contributed by atoms with Crippen LogP contribution in [-0.2, 0) is 16.6 Å². The molecule has 3 heterocycles. The standard InChI is InChI=1S/C22H25ClN4O3/c23-16-3-1-15(2-4-16)20(29)26-9-7-22(8-10-26)6-5-17-18(22)24-21(25-19(17)28)27-11-13-30-14-12-27/h1-4H,5-14H2,(H,24,25,28). The van der Waals surface area contributed by atoms with Crippen molar-refractivity contribution in [2.45, 2.75) is 31.1 Å². The Kier molecular flexibility index (Phi) is 5.03. The predicted octanol–water partition coefficient (Wildman–Crippen LogP) is 2.38. The number of carbonyl (C=O) groups is 1. The summed E-state index contributed by atoms with van der Waals surface area (Å²) in [5.41, 5.74) is 2.31. The molecule has 1 aromatic carbocycles. The maximum Gasteiger partial charge on any atom is 0.255 e. The molecule has 1 spiro atoms. The Hall–Kier alpha value is -2.38. The van der Waals surface area contributed by atoms with Gasteiger partial charge in [-0.1, -0.05) is 11.6 Å². The molecule has 1 N–H and O–H groups in total. The van der Waals surface area contributed by atoms with Crippen molar-refractivity contribution in [3.63, 3.8) is 0 Å². The number of piperidine rings is 1. The lowest BCUT2D eigenvalue weighted by Crippen LogP contribution is -2.45. The second kappa shape index (κ2) is 7.71. The van der Waals surface area contributed by atoms with Crippen LogP contribution in [0.25, 0.3) is 0 Å². The summed E-state index contributed by atoms with van der Waals surface area (Å²) in [5, 5.41) is 0.624. The van der Waals surface area contributed by atoms with Crippen LogP contribution in [0, 0.1) is 0 Å². The van der Waals surface area contributed by atoms with E-state index in [1.165, 1.54) is 0 Å². The van der Waals surface area contributed by atoms with Gasteiger partial charge in [0, 0.05) is 47.7 Å². The second-order valence-corrected chi connectivity index (χ2v) is 8.83. The molecule has 158 valence electrons. The first-order chi connectivity index (χ1) is 14.6. The third kappa shape index (κ3) is 3.40. The number of anilines is 1. The summed E-state index contributed by atoms with van der Waals surface area (Å²) >= 11 is 5.94. The Morgan fingerprint density at radius 3 is 2.47 bits per heavy atom. The SMILES string of the molecule is O=C(c1ccc(Cl)cc1)N1CCC2(CCc3c2nc(N2CCOCC2)[nH]c3=O)CC1. The number of hydrogen-bond acceptors (Lipinski definition) is 5. The molecule has 7 nitrogen and oxygen atoms in total. The molecule has 0 saturated carbocycles. The molecule has 0 radical (unpaired) electrons. The lowest BCUT2D eigenvalue weighted by molar-refractivity contribution is 0.0663. The number of ether oxygens (including phenoxy) is 1. The molecular weight excluding hydrogens is 404 g/mol. The van der Waals surface area contributed by atoms with Crippen molar-refractivity contribution in [3.8, 4) is 0 Å². The van der Waals surface area contributed by atoms with Gasteiger partial charge in [-0.15, -0.1) is 0 Å². The molecule has 0 unspecified atom stereocenters. The van der Waals surface area contributed by atoms with Gasteiger partial charge < -0.3 is 14.5 Å². The van der Waals surface area contributed by atoms with Gasteiger partial charge in [-0.25, -0.2) is 4.98 Å². The largest absolute Gasteiger partial charge is 0.378 e. The van der Waals surface area contributed by atoms with Gasteiger partial charge in [0.05, 0.1) is 18.9 Å². The van der Waals surface area contributed by atoms with E-state index >= 15 is 0 Å². The Labute approximate surface area is 180 Å². The molecule has 0 bridgehead atoms. The first kappa shape index (κ1) is 19.6. The summed E-state index contributed by atoms with van der Waals surface area (Å²) < 4.78 is 5.42. The normalized spacial score (nSPS) is 20.4. The van der Waals surface area contributed by atoms with Crippen LogP contribution in [0.4, 0.5) is 5.95 Å². The Bertz CT molecular complexity index is 1010. The van der Waals surface area contributed by atoms with E-state index in [0.717, 1.165) is 50.0 Å². The average Bonchev–Trinajstić information content (AvgIpc) is 3.13. The molecule has 0 atom stereocenters. The summed E-state index contributed by atoms with van der Waals surface area (Å²) in [7, 11) is 0. The zero-order chi connectivity index (χ0) is 20.7. The minimum absolute atomic E-state index is 0.0157. The van der Waals surface area contributed by atoms with Crippen LogP contribution in [0.2, 0.25) is 5.02 Å². The van der Waals surface area contributed by atoms with E-state index in [-0.39, 0.29) is 16.9 Å². The highest BCUT2D eigenvalue weighted by atomic mass is 35.5. The van der Waals surface area contributed by atoms with E-state index in [1.807, 2.05) is 4.90 Å². The molecule has 8 heteroatoms. The Morgan fingerprint density at radius 2 is 1.77 bits per heavy atom. The van der Waals surface area contributed by atoms with Gasteiger partial charge in [-0.2, -0.15) is 0 Å². The van der Waals surface area contributed by atoms with E-state index < -0.39 is 0 Å². The lowest BCUT2D eigenvalue weighted by atomic mass is 9.76. The highest BCUT2D eigenvalue weighted by Crippen LogP contribution is 2.44. The Balaban J connectivity index is 1.37. The number of benzene rings is 1. The van der Waals surface area contributed by atoms with Crippen molar-refractivity contribution in [3.05, 3.63) is 56.5 Å². The van der Waals surface area contributed by atoms with Crippen LogP contribution in [0.1, 0.15) is 40.9 Å². The number of amides is 1. The molecule has 1 amide bonds. The summed E-state index contributed by atoms with van der Waals surface area (Å²) in [5.74, 6) is 0.690. The quantitative estimate of drug-likeness (QED) is 0.794. The van der Waals surface area contributed by atoms with Crippen molar-refractivity contribution < 1.29 is 9.53 Å². The van der Waals surface area contributed by atoms with Crippen LogP contribution in [-0.4, -0.2) is 60.2 Å². The Morgan fingerprint density at radius 1 is 1.07 bits per heavy atom. The summed E-state index contributed by atoms with van der Waals surface area (Å²) in [4.78, 5) is 37.6. The third-order valence-corrected chi connectivity index (χ3v) is 7.02. The molecule has 2 aromatic rings. The van der Waals surface area contributed by atoms with Gasteiger partial charge in [0.1, 0.15) is 0 Å². The van der Waals surface area contributed by atoms with Gasteiger partial charge in [0.25, 0.3) is 11.5 Å². The van der Waals surface area contributed by atoms with E-state index in [2.05, 4.69) is 9.88 Å². The van der Waals surface area contributed by atoms with Crippen molar-refractivity contribution >= 4 is 23.5 Å². The maximum absolute atomic E-state index is 12.9. The zero-order valence-corrected chi connectivity index (χ0v) is 17.6. The molecule has 2 fully saturated rings. The van der Waals surface area contributed by atoms with Gasteiger partial charge in [-0.3, -0.25) is 14.6 Å². The van der Waals surface area contributed by atoms with E-state index in [9.17, 15) is 9.59 Å². The monoisotopic (exact) mass is 428 g/mol. The molecule has 5 rings (SSSR count). The first-order valence-corrected chi connectivity index (χ1v) is 10.9. The van der Waals surface area contributed by atoms with Gasteiger partial charge in [0.2, 0.25) is 5.95 Å². The minimum Gasteiger partial charge on any atom is -0.378 e. The fourth-order valence-corrected chi connectivity index (χ4v) is 5.09. The smallest absolute Gasteiger partial charge is 0.255 e. The van der Waals surface area contributed by atoms with Crippen LogP contribution < -0.4 is 10.5 Å². The summed E-state index contributed by atoms with van der Waals surface area (Å²) in [6.07, 6.45) is 3.34. The number of nitrogens with zero attached hydrogens (tertiary/aromatic N) is 3. The molecule has 1 aliphatic carbocycles. The first-order valence-electron chi connectivity index (χ1n) is 10.6. The lowest BCUT2D eigenvalue weighted by Gasteiger charge is -2.39. The van der Waals surface area contributed by atoms with E-state index in [1.54, 1.807) is 24.3 Å². The van der Waals surface area contributed by atoms with Gasteiger partial charge in [0.15, 0.2) is 0 Å².